The Balaban J connectivity index is 0.901. The van der Waals surface area contributed by atoms with E-state index in [-0.39, 0.29) is 6.71 Å². The van der Waals surface area contributed by atoms with Gasteiger partial charge < -0.3 is 14.4 Å². The molecule has 96 heavy (non-hydrogen) atoms. The summed E-state index contributed by atoms with van der Waals surface area (Å²) in [7, 11) is 0. The second-order valence-corrected chi connectivity index (χ2v) is 24.7. The Bertz CT molecular complexity index is 5360. The van der Waals surface area contributed by atoms with Crippen LogP contribution >= 0.6 is 0 Å². The Morgan fingerprint density at radius 2 is 0.677 bits per heavy atom. The summed E-state index contributed by atoms with van der Waals surface area (Å²) in [5.74, 6) is 0.471. The number of benzene rings is 14. The van der Waals surface area contributed by atoms with Crippen molar-refractivity contribution in [3.63, 3.8) is 0 Å². The molecule has 2 aromatic heterocycles. The van der Waals surface area contributed by atoms with Crippen LogP contribution in [0.3, 0.4) is 0 Å². The average molecular weight is 1220 g/mol. The van der Waals surface area contributed by atoms with Gasteiger partial charge in [0.1, 0.15) is 0 Å². The molecule has 0 saturated carbocycles. The van der Waals surface area contributed by atoms with E-state index in [1.54, 1.807) is 0 Å². The Kier molecular flexibility index (Phi) is 13.6. The molecule has 18 rings (SSSR count). The van der Waals surface area contributed by atoms with Gasteiger partial charge in [-0.3, -0.25) is 0 Å². The molecule has 0 radical (unpaired) electrons. The second-order valence-electron chi connectivity index (χ2n) is 24.7. The molecular weight excluding hydrogens is 1160 g/mol. The van der Waals surface area contributed by atoms with Crippen molar-refractivity contribution in [1.29, 1.82) is 5.26 Å². The van der Waals surface area contributed by atoms with Gasteiger partial charge in [0.05, 0.1) is 45.3 Å². The summed E-state index contributed by atoms with van der Waals surface area (Å²) in [6.07, 6.45) is 0. The molecule has 4 heterocycles. The van der Waals surface area contributed by atoms with Crippen LogP contribution in [0.1, 0.15) is 5.56 Å². The lowest BCUT2D eigenvalue weighted by atomic mass is 9.33. The fourth-order valence-electron chi connectivity index (χ4n) is 14.8. The molecular formula is C89H57BN6. The molecule has 14 aromatic carbocycles. The molecule has 0 unspecified atom stereocenters. The molecule has 7 heteroatoms. The number of nitrogens with zero attached hydrogens (tertiary/aromatic N) is 6. The molecule has 446 valence electrons. The molecule has 0 N–H and O–H groups in total. The van der Waals surface area contributed by atoms with Crippen LogP contribution in [0.5, 0.6) is 0 Å². The molecule has 0 spiro atoms. The van der Waals surface area contributed by atoms with Crippen molar-refractivity contribution in [1.82, 2.24) is 14.5 Å². The molecule has 2 aliphatic rings. The van der Waals surface area contributed by atoms with Gasteiger partial charge in [0.15, 0.2) is 5.82 Å². The topological polar surface area (TPSA) is 61.0 Å². The first kappa shape index (κ1) is 55.9. The van der Waals surface area contributed by atoms with E-state index < -0.39 is 0 Å². The zero-order chi connectivity index (χ0) is 63.6. The van der Waals surface area contributed by atoms with Crippen LogP contribution in [0.25, 0.3) is 117 Å². The van der Waals surface area contributed by atoms with E-state index in [1.165, 1.54) is 16.4 Å². The van der Waals surface area contributed by atoms with Crippen molar-refractivity contribution in [3.8, 4) is 101 Å². The molecule has 0 amide bonds. The number of para-hydroxylation sites is 3. The SMILES string of the molecule is N#Cc1cccc(-n2c3ccccc3c3cc(-c4cc5c6c(c4)N(c4cc(-c7ccccc7)cc(-c7ccccc7)c4)c4ccccc4B6c4ccccc4N5c4cc(-c5ccccc5)cc(-c5ccccc5)c4)ccc32)c1-c1nc(-c2ccccc2)cc(-c2ccccc2)n1. The molecule has 2 aliphatic heterocycles. The molecule has 0 fully saturated rings. The first-order valence-electron chi connectivity index (χ1n) is 32.6. The molecule has 0 atom stereocenters. The predicted molar refractivity (Wildman–Crippen MR) is 399 cm³/mol. The van der Waals surface area contributed by atoms with Gasteiger partial charge in [0, 0.05) is 56.0 Å². The lowest BCUT2D eigenvalue weighted by Crippen LogP contribution is -2.61. The van der Waals surface area contributed by atoms with Crippen molar-refractivity contribution in [2.24, 2.45) is 0 Å². The first-order valence-corrected chi connectivity index (χ1v) is 32.6. The summed E-state index contributed by atoms with van der Waals surface area (Å²) in [5.41, 5.74) is 28.9. The van der Waals surface area contributed by atoms with Crippen LogP contribution in [0.4, 0.5) is 34.1 Å². The quantitative estimate of drug-likeness (QED) is 0.121. The van der Waals surface area contributed by atoms with E-state index >= 15 is 0 Å². The number of fused-ring (bicyclic) bond motifs is 7. The van der Waals surface area contributed by atoms with Gasteiger partial charge in [-0.1, -0.05) is 249 Å². The van der Waals surface area contributed by atoms with E-state index in [0.717, 1.165) is 140 Å². The maximum Gasteiger partial charge on any atom is 0.252 e. The number of nitriles is 1. The summed E-state index contributed by atoms with van der Waals surface area (Å²) in [5, 5.41) is 13.3. The third-order valence-electron chi connectivity index (χ3n) is 19.2. The third kappa shape index (κ3) is 9.58. The highest BCUT2D eigenvalue weighted by atomic mass is 15.2. The second kappa shape index (κ2) is 23.3. The maximum absolute atomic E-state index is 11.1. The first-order chi connectivity index (χ1) is 47.6. The molecule has 16 aromatic rings. The van der Waals surface area contributed by atoms with Crippen molar-refractivity contribution in [2.45, 2.75) is 0 Å². The minimum absolute atomic E-state index is 0.110. The van der Waals surface area contributed by atoms with E-state index in [4.69, 9.17) is 9.97 Å². The smallest absolute Gasteiger partial charge is 0.252 e. The summed E-state index contributed by atoms with van der Waals surface area (Å²) in [6, 6.07) is 127. The number of rotatable bonds is 11. The van der Waals surface area contributed by atoms with Crippen molar-refractivity contribution < 1.29 is 0 Å². The number of anilines is 6. The minimum atomic E-state index is -0.110. The highest BCUT2D eigenvalue weighted by Crippen LogP contribution is 2.50. The molecule has 6 nitrogen and oxygen atoms in total. The fraction of sp³-hybridized carbons (Fsp3) is 0. The van der Waals surface area contributed by atoms with Crippen LogP contribution in [-0.2, 0) is 0 Å². The van der Waals surface area contributed by atoms with E-state index in [9.17, 15) is 5.26 Å². The normalized spacial score (nSPS) is 12.1. The van der Waals surface area contributed by atoms with E-state index in [2.05, 4.69) is 312 Å². The molecule has 0 aliphatic carbocycles. The van der Waals surface area contributed by atoms with Crippen molar-refractivity contribution in [3.05, 3.63) is 351 Å². The standard InChI is InChI=1S/C89H57BN6/c91-58-66-38-25-45-84(87(66)89-92-78(63-34-15-5-16-35-63)57-79(93-89)64-36-17-6-18-37-64)96-80-42-22-19-39-74(80)75-54-65(46-47-81(75)96)71-55-85-88-86(56-71)95(73-52-69(61-30-11-3-12-31-61)49-70(53-73)62-32-13-4-14-33-62)83-44-24-21-41-77(83)90(88)76-40-20-23-43-82(76)94(85)72-50-67(59-26-7-1-8-27-59)48-68(51-72)60-28-9-2-10-29-60/h1-57H. The summed E-state index contributed by atoms with van der Waals surface area (Å²) in [4.78, 5) is 15.8. The zero-order valence-corrected chi connectivity index (χ0v) is 52.2. The van der Waals surface area contributed by atoms with Crippen molar-refractivity contribution >= 4 is 79.0 Å². The number of hydrogen-bond donors (Lipinski definition) is 0. The summed E-state index contributed by atoms with van der Waals surface area (Å²) in [6.45, 7) is -0.110. The lowest BCUT2D eigenvalue weighted by molar-refractivity contribution is 1.13. The van der Waals surface area contributed by atoms with Gasteiger partial charge in [-0.2, -0.15) is 5.26 Å². The Morgan fingerprint density at radius 3 is 1.15 bits per heavy atom. The zero-order valence-electron chi connectivity index (χ0n) is 52.2. The molecule has 0 bridgehead atoms. The highest BCUT2D eigenvalue weighted by Gasteiger charge is 2.44. The third-order valence-corrected chi connectivity index (χ3v) is 19.2. The van der Waals surface area contributed by atoms with Crippen LogP contribution in [0.2, 0.25) is 0 Å². The maximum atomic E-state index is 11.1. The Hall–Kier alpha value is -12.9. The van der Waals surface area contributed by atoms with E-state index in [0.29, 0.717) is 17.0 Å². The summed E-state index contributed by atoms with van der Waals surface area (Å²) >= 11 is 0. The van der Waals surface area contributed by atoms with Crippen molar-refractivity contribution in [2.75, 3.05) is 9.80 Å². The fourth-order valence-corrected chi connectivity index (χ4v) is 14.8. The Morgan fingerprint density at radius 1 is 0.281 bits per heavy atom. The minimum Gasteiger partial charge on any atom is -0.311 e. The van der Waals surface area contributed by atoms with Gasteiger partial charge in [-0.15, -0.1) is 0 Å². The van der Waals surface area contributed by atoms with Gasteiger partial charge in [-0.25, -0.2) is 9.97 Å². The van der Waals surface area contributed by atoms with Crippen LogP contribution < -0.4 is 26.2 Å². The van der Waals surface area contributed by atoms with Gasteiger partial charge in [0.2, 0.25) is 0 Å². The van der Waals surface area contributed by atoms with Crippen LogP contribution in [-0.4, -0.2) is 21.2 Å². The monoisotopic (exact) mass is 1220 g/mol. The highest BCUT2D eigenvalue weighted by molar-refractivity contribution is 7.00. The van der Waals surface area contributed by atoms with Gasteiger partial charge in [-0.05, 0) is 169 Å². The lowest BCUT2D eigenvalue weighted by Gasteiger charge is -2.44. The average Bonchev–Trinajstić information content (AvgIpc) is 0.757. The van der Waals surface area contributed by atoms with Crippen LogP contribution in [0.15, 0.2) is 346 Å². The number of hydrogen-bond acceptors (Lipinski definition) is 5. The summed E-state index contributed by atoms with van der Waals surface area (Å²) < 4.78 is 2.30. The Labute approximate surface area is 557 Å². The largest absolute Gasteiger partial charge is 0.311 e. The molecule has 0 saturated heterocycles. The predicted octanol–water partition coefficient (Wildman–Crippen LogP) is 20.9. The van der Waals surface area contributed by atoms with Gasteiger partial charge in [0.25, 0.3) is 6.71 Å². The van der Waals surface area contributed by atoms with Crippen LogP contribution in [0, 0.1) is 11.3 Å². The number of aromatic nitrogens is 3. The van der Waals surface area contributed by atoms with Gasteiger partial charge >= 0.3 is 0 Å². The van der Waals surface area contributed by atoms with E-state index in [1.807, 2.05) is 54.6 Å².